The third-order valence-corrected chi connectivity index (χ3v) is 9.97. The van der Waals surface area contributed by atoms with Gasteiger partial charge < -0.3 is 35.4 Å². The van der Waals surface area contributed by atoms with Crippen molar-refractivity contribution in [3.63, 3.8) is 0 Å². The summed E-state index contributed by atoms with van der Waals surface area (Å²) in [4.78, 5) is 51.2. The van der Waals surface area contributed by atoms with E-state index in [0.717, 1.165) is 10.9 Å². The van der Waals surface area contributed by atoms with Crippen molar-refractivity contribution in [3.05, 3.63) is 16.7 Å². The molecule has 4 rings (SSSR count). The Labute approximate surface area is 229 Å². The van der Waals surface area contributed by atoms with Crippen molar-refractivity contribution < 1.29 is 61.0 Å². The van der Waals surface area contributed by atoms with Crippen molar-refractivity contribution in [1.82, 2.24) is 19.5 Å². The Morgan fingerprint density at radius 2 is 1.76 bits per heavy atom. The quantitative estimate of drug-likeness (QED) is 0.102. The van der Waals surface area contributed by atoms with Gasteiger partial charge in [0.1, 0.15) is 18.3 Å². The summed E-state index contributed by atoms with van der Waals surface area (Å²) in [5.41, 5.74) is 3.66. The van der Waals surface area contributed by atoms with Crippen LogP contribution in [0.1, 0.15) is 25.5 Å². The standard InChI is InChI=1S/C17H24N7O14P3/c1-2-3-4-17(22-23-17)5-6-34-39(28,29)37-41(32,33)38-40(30,31)35-7-9-11(25)12(26)15(36-9)24-8-19-10-13(24)20-16(18)21-14(10)27/h1,8-9,11-12,15,25-26H,3-7H2,(H,28,29)(H,30,31)(H,32,33)(H3,18,20,21,27)/t9-,11+,12?,15-/m1/s1. The Balaban J connectivity index is 1.31. The molecule has 0 spiro atoms. The largest absolute Gasteiger partial charge is 0.490 e. The van der Waals surface area contributed by atoms with Gasteiger partial charge in [-0.05, 0) is 0 Å². The second-order valence-electron chi connectivity index (χ2n) is 8.66. The van der Waals surface area contributed by atoms with Crippen molar-refractivity contribution in [2.45, 2.75) is 49.5 Å². The van der Waals surface area contributed by atoms with Gasteiger partial charge in [0.15, 0.2) is 23.1 Å². The van der Waals surface area contributed by atoms with E-state index in [2.05, 4.69) is 48.8 Å². The molecule has 24 heteroatoms. The van der Waals surface area contributed by atoms with Crippen molar-refractivity contribution in [1.29, 1.82) is 0 Å². The molecule has 2 aliphatic rings. The molecule has 4 unspecified atom stereocenters. The fourth-order valence-electron chi connectivity index (χ4n) is 3.71. The number of ether oxygens (including phenoxy) is 1. The maximum absolute atomic E-state index is 12.2. The van der Waals surface area contributed by atoms with Crippen molar-refractivity contribution >= 4 is 40.6 Å². The van der Waals surface area contributed by atoms with Gasteiger partial charge in [0, 0.05) is 19.3 Å². The number of phosphoric acid groups is 3. The van der Waals surface area contributed by atoms with E-state index in [0.29, 0.717) is 12.8 Å². The number of nitrogens with one attached hydrogen (secondary N) is 1. The highest BCUT2D eigenvalue weighted by Crippen LogP contribution is 2.67. The van der Waals surface area contributed by atoms with Crippen LogP contribution in [0.25, 0.3) is 11.2 Å². The average Bonchev–Trinajstić information content (AvgIpc) is 3.39. The molecule has 4 heterocycles. The van der Waals surface area contributed by atoms with Crippen LogP contribution in [0.2, 0.25) is 0 Å². The van der Waals surface area contributed by atoms with Crippen LogP contribution in [0.5, 0.6) is 0 Å². The fraction of sp³-hybridized carbons (Fsp3) is 0.588. The van der Waals surface area contributed by atoms with Crippen LogP contribution in [-0.2, 0) is 36.1 Å². The smallest absolute Gasteiger partial charge is 0.387 e. The van der Waals surface area contributed by atoms with Crippen LogP contribution < -0.4 is 11.3 Å². The highest BCUT2D eigenvalue weighted by Gasteiger charge is 2.47. The van der Waals surface area contributed by atoms with Crippen molar-refractivity contribution in [3.8, 4) is 12.3 Å². The molecule has 0 saturated carbocycles. The normalized spacial score (nSPS) is 27.6. The third kappa shape index (κ3) is 7.71. The van der Waals surface area contributed by atoms with Gasteiger partial charge in [-0.2, -0.15) is 23.8 Å². The molecule has 2 aromatic heterocycles. The minimum absolute atomic E-state index is 0.00779. The number of fused-ring (bicyclic) bond motifs is 1. The Morgan fingerprint density at radius 1 is 1.10 bits per heavy atom. The Morgan fingerprint density at radius 3 is 2.39 bits per heavy atom. The molecule has 7 atom stereocenters. The zero-order valence-electron chi connectivity index (χ0n) is 20.6. The predicted octanol–water partition coefficient (Wildman–Crippen LogP) is -0.346. The van der Waals surface area contributed by atoms with E-state index in [1.54, 1.807) is 0 Å². The number of imidazole rings is 1. The minimum atomic E-state index is -5.76. The summed E-state index contributed by atoms with van der Waals surface area (Å²) < 4.78 is 60.0. The first-order chi connectivity index (χ1) is 19.1. The summed E-state index contributed by atoms with van der Waals surface area (Å²) in [5, 5.41) is 28.3. The summed E-state index contributed by atoms with van der Waals surface area (Å²) in [6.07, 6.45) is 0.460. The van der Waals surface area contributed by atoms with E-state index in [4.69, 9.17) is 16.9 Å². The number of hydrogen-bond acceptors (Lipinski definition) is 16. The van der Waals surface area contributed by atoms with Crippen LogP contribution in [0, 0.1) is 12.3 Å². The Hall–Kier alpha value is -2.40. The molecule has 1 saturated heterocycles. The lowest BCUT2D eigenvalue weighted by Gasteiger charge is -2.20. The molecule has 8 N–H and O–H groups in total. The first kappa shape index (κ1) is 31.5. The molecule has 0 amide bonds. The van der Waals surface area contributed by atoms with Gasteiger partial charge in [0.25, 0.3) is 5.56 Å². The molecule has 0 aromatic carbocycles. The lowest BCUT2D eigenvalue weighted by molar-refractivity contribution is -0.0503. The summed E-state index contributed by atoms with van der Waals surface area (Å²) in [5.74, 6) is 2.10. The number of aliphatic hydroxyl groups is 2. The van der Waals surface area contributed by atoms with Gasteiger partial charge in [-0.15, -0.1) is 12.3 Å². The molecule has 226 valence electrons. The number of aromatic amines is 1. The number of terminal acetylenes is 1. The lowest BCUT2D eigenvalue weighted by atomic mass is 10.1. The summed E-state index contributed by atoms with van der Waals surface area (Å²) in [7, 11) is -16.6. The molecule has 0 aliphatic carbocycles. The Kier molecular flexibility index (Phi) is 9.00. The van der Waals surface area contributed by atoms with E-state index in [9.17, 15) is 43.4 Å². The number of rotatable bonds is 14. The number of aliphatic hydroxyl groups excluding tert-OH is 2. The zero-order valence-corrected chi connectivity index (χ0v) is 23.2. The third-order valence-electron chi connectivity index (χ3n) is 5.69. The average molecular weight is 643 g/mol. The molecule has 1 fully saturated rings. The summed E-state index contributed by atoms with van der Waals surface area (Å²) in [6, 6.07) is 0. The number of aromatic nitrogens is 4. The van der Waals surface area contributed by atoms with Crippen LogP contribution in [0.4, 0.5) is 5.95 Å². The molecule has 2 aromatic rings. The number of hydrogen-bond donors (Lipinski definition) is 7. The summed E-state index contributed by atoms with van der Waals surface area (Å²) in [6.45, 7) is -1.52. The van der Waals surface area contributed by atoms with Crippen molar-refractivity contribution in [2.24, 2.45) is 10.2 Å². The second-order valence-corrected chi connectivity index (χ2v) is 13.3. The highest BCUT2D eigenvalue weighted by atomic mass is 31.3. The van der Waals surface area contributed by atoms with Gasteiger partial charge in [0.2, 0.25) is 5.95 Å². The molecular formula is C17H24N7O14P3. The van der Waals surface area contributed by atoms with Gasteiger partial charge in [-0.3, -0.25) is 23.4 Å². The molecule has 41 heavy (non-hydrogen) atoms. The first-order valence-electron chi connectivity index (χ1n) is 11.4. The number of nitrogen functional groups attached to an aromatic ring is 1. The number of H-pyrrole nitrogens is 1. The van der Waals surface area contributed by atoms with Crippen molar-refractivity contribution in [2.75, 3.05) is 18.9 Å². The number of anilines is 1. The first-order valence-corrected chi connectivity index (χ1v) is 15.9. The highest BCUT2D eigenvalue weighted by molar-refractivity contribution is 7.66. The van der Waals surface area contributed by atoms with E-state index in [1.165, 1.54) is 0 Å². The number of nitrogens with zero attached hydrogens (tertiary/aromatic N) is 5. The van der Waals surface area contributed by atoms with Crippen LogP contribution >= 0.6 is 23.5 Å². The fourth-order valence-corrected chi connectivity index (χ4v) is 7.22. The van der Waals surface area contributed by atoms with Gasteiger partial charge in [-0.1, -0.05) is 0 Å². The van der Waals surface area contributed by atoms with E-state index in [1.807, 2.05) is 0 Å². The predicted molar refractivity (Wildman–Crippen MR) is 132 cm³/mol. The van der Waals surface area contributed by atoms with E-state index < -0.39 is 72.4 Å². The van der Waals surface area contributed by atoms with Gasteiger partial charge in [0.05, 0.1) is 19.5 Å². The summed E-state index contributed by atoms with van der Waals surface area (Å²) >= 11 is 0. The number of phosphoric ester groups is 2. The van der Waals surface area contributed by atoms with E-state index >= 15 is 0 Å². The lowest BCUT2D eigenvalue weighted by Crippen LogP contribution is -2.33. The molecule has 2 aliphatic heterocycles. The van der Waals surface area contributed by atoms with E-state index in [-0.39, 0.29) is 23.5 Å². The topological polar surface area (TPSA) is 313 Å². The van der Waals surface area contributed by atoms with Crippen LogP contribution in [0.15, 0.2) is 21.4 Å². The van der Waals surface area contributed by atoms with Crippen LogP contribution in [0.3, 0.4) is 0 Å². The molecule has 21 nitrogen and oxygen atoms in total. The Bertz CT molecular complexity index is 1570. The minimum Gasteiger partial charge on any atom is -0.387 e. The molecule has 0 radical (unpaired) electrons. The van der Waals surface area contributed by atoms with Gasteiger partial charge in [-0.25, -0.2) is 18.7 Å². The number of nitrogens with two attached hydrogens (primary N) is 1. The second kappa shape index (κ2) is 11.7. The molecule has 0 bridgehead atoms. The SMILES string of the molecule is C#CCCC1(CCOP(=O)(O)OP(=O)(O)OP(=O)(O)OC[C@H]2O[C@@H](n3cnc4c(=O)[nH]c(N)nc43)C(O)[C@H]2O)N=N1. The van der Waals surface area contributed by atoms with Gasteiger partial charge >= 0.3 is 23.5 Å². The van der Waals surface area contributed by atoms with Crippen LogP contribution in [-0.4, -0.2) is 81.6 Å². The zero-order chi connectivity index (χ0) is 30.2. The molecular weight excluding hydrogens is 619 g/mol. The maximum Gasteiger partial charge on any atom is 0.490 e. The monoisotopic (exact) mass is 643 g/mol. The maximum atomic E-state index is 12.2.